The molecule has 0 aliphatic heterocycles. The van der Waals surface area contributed by atoms with Gasteiger partial charge in [-0.1, -0.05) is 176 Å². The fraction of sp³-hybridized carbons (Fsp3) is 0. The van der Waals surface area contributed by atoms with E-state index in [1.165, 1.54) is 38.2 Å². The van der Waals surface area contributed by atoms with Crippen LogP contribution in [0.1, 0.15) is 0 Å². The van der Waals surface area contributed by atoms with E-state index in [0.29, 0.717) is 5.82 Å². The molecule has 0 saturated carbocycles. The summed E-state index contributed by atoms with van der Waals surface area (Å²) < 4.78 is 4.80. The number of fused-ring (bicyclic) bond motifs is 7. The molecule has 0 spiro atoms. The molecule has 0 amide bonds. The number of para-hydroxylation sites is 2. The van der Waals surface area contributed by atoms with E-state index in [0.717, 1.165) is 56.0 Å². The highest BCUT2D eigenvalue weighted by molar-refractivity contribution is 6.23. The van der Waals surface area contributed by atoms with Gasteiger partial charge in [0.1, 0.15) is 5.82 Å². The van der Waals surface area contributed by atoms with E-state index in [1.807, 2.05) is 12.1 Å². The summed E-state index contributed by atoms with van der Waals surface area (Å²) in [7, 11) is 0. The van der Waals surface area contributed by atoms with E-state index < -0.39 is 0 Å². The highest BCUT2D eigenvalue weighted by atomic mass is 15.1. The van der Waals surface area contributed by atoms with Crippen LogP contribution < -0.4 is 0 Å². The van der Waals surface area contributed by atoms with Crippen molar-refractivity contribution in [3.05, 3.63) is 206 Å². The van der Waals surface area contributed by atoms with Crippen LogP contribution in [-0.4, -0.2) is 19.1 Å². The topological polar surface area (TPSA) is 35.6 Å². The second-order valence-corrected chi connectivity index (χ2v) is 14.2. The Morgan fingerprint density at radius 3 is 1.43 bits per heavy atom. The maximum Gasteiger partial charge on any atom is 0.162 e. The molecule has 0 N–H and O–H groups in total. The molecule has 0 saturated heterocycles. The Kier molecular flexibility index (Phi) is 7.46. The minimum Gasteiger partial charge on any atom is -0.307 e. The van der Waals surface area contributed by atoms with Crippen molar-refractivity contribution >= 4 is 43.6 Å². The minimum absolute atomic E-state index is 0.676. The summed E-state index contributed by atoms with van der Waals surface area (Å²) in [6.45, 7) is 0. The lowest BCUT2D eigenvalue weighted by molar-refractivity contribution is 1.05. The maximum absolute atomic E-state index is 5.43. The number of nitrogens with zero attached hydrogens (tertiary/aromatic N) is 4. The van der Waals surface area contributed by atoms with E-state index in [2.05, 4.69) is 203 Å². The third-order valence-electron chi connectivity index (χ3n) is 10.9. The van der Waals surface area contributed by atoms with Crippen LogP contribution >= 0.6 is 0 Å². The van der Waals surface area contributed by atoms with Gasteiger partial charge in [0.25, 0.3) is 0 Å². The molecule has 4 heteroatoms. The molecular weight excluding hydrogens is 681 g/mol. The smallest absolute Gasteiger partial charge is 0.162 e. The third-order valence-corrected chi connectivity index (χ3v) is 10.9. The van der Waals surface area contributed by atoms with Crippen LogP contribution in [0.15, 0.2) is 206 Å². The minimum atomic E-state index is 0.676. The summed E-state index contributed by atoms with van der Waals surface area (Å²) in [6, 6.07) is 73.2. The van der Waals surface area contributed by atoms with Crippen LogP contribution in [0.25, 0.3) is 100 Å². The summed E-state index contributed by atoms with van der Waals surface area (Å²) in [6.07, 6.45) is 0. The molecule has 3 heterocycles. The molecule has 0 radical (unpaired) electrons. The predicted molar refractivity (Wildman–Crippen MR) is 232 cm³/mol. The Labute approximate surface area is 324 Å². The first-order valence-electron chi connectivity index (χ1n) is 19.0. The number of aromatic nitrogens is 4. The fourth-order valence-corrected chi connectivity index (χ4v) is 8.34. The van der Waals surface area contributed by atoms with E-state index >= 15 is 0 Å². The number of rotatable bonds is 6. The van der Waals surface area contributed by atoms with Crippen LogP contribution in [-0.2, 0) is 0 Å². The zero-order valence-electron chi connectivity index (χ0n) is 30.4. The van der Waals surface area contributed by atoms with Gasteiger partial charge in [0.2, 0.25) is 0 Å². The van der Waals surface area contributed by atoms with Crippen LogP contribution in [0, 0.1) is 0 Å². The SMILES string of the molecule is c1ccc(-c2ccc(-c3nc(-c4ccccc4)cc(-n4c5ccccc5c5ccc6c7ccccc7n(-c7cccc(-c8ccccc8)c7)c6c54)n3)cc2)cc1. The Morgan fingerprint density at radius 2 is 0.786 bits per heavy atom. The second kappa shape index (κ2) is 13.1. The largest absolute Gasteiger partial charge is 0.307 e. The van der Waals surface area contributed by atoms with E-state index in [9.17, 15) is 0 Å². The van der Waals surface area contributed by atoms with Crippen LogP contribution in [0.4, 0.5) is 0 Å². The van der Waals surface area contributed by atoms with Crippen molar-refractivity contribution in [1.29, 1.82) is 0 Å². The normalized spacial score (nSPS) is 11.6. The van der Waals surface area contributed by atoms with Gasteiger partial charge in [0.15, 0.2) is 5.82 Å². The number of benzene rings is 8. The van der Waals surface area contributed by atoms with Gasteiger partial charge >= 0.3 is 0 Å². The highest BCUT2D eigenvalue weighted by Crippen LogP contribution is 2.42. The van der Waals surface area contributed by atoms with E-state index in [4.69, 9.17) is 9.97 Å². The molecule has 8 aromatic carbocycles. The van der Waals surface area contributed by atoms with Crippen molar-refractivity contribution in [3.8, 4) is 56.4 Å². The Hall–Kier alpha value is -7.56. The van der Waals surface area contributed by atoms with Gasteiger partial charge in [-0.15, -0.1) is 0 Å². The van der Waals surface area contributed by atoms with Gasteiger partial charge in [0, 0.05) is 44.4 Å². The van der Waals surface area contributed by atoms with Crippen LogP contribution in [0.3, 0.4) is 0 Å². The van der Waals surface area contributed by atoms with Crippen LogP contribution in [0.2, 0.25) is 0 Å². The van der Waals surface area contributed by atoms with Gasteiger partial charge in [-0.3, -0.25) is 4.57 Å². The van der Waals surface area contributed by atoms with Gasteiger partial charge in [-0.25, -0.2) is 9.97 Å². The zero-order chi connectivity index (χ0) is 37.0. The molecule has 0 atom stereocenters. The van der Waals surface area contributed by atoms with Crippen molar-refractivity contribution in [2.24, 2.45) is 0 Å². The molecule has 0 bridgehead atoms. The Bertz CT molecular complexity index is 3220. The molecule has 262 valence electrons. The van der Waals surface area contributed by atoms with Gasteiger partial charge in [0.05, 0.1) is 27.8 Å². The average Bonchev–Trinajstić information content (AvgIpc) is 3.80. The molecule has 0 aliphatic carbocycles. The fourth-order valence-electron chi connectivity index (χ4n) is 8.34. The molecule has 56 heavy (non-hydrogen) atoms. The van der Waals surface area contributed by atoms with Crippen molar-refractivity contribution in [2.75, 3.05) is 0 Å². The Balaban J connectivity index is 1.22. The zero-order valence-corrected chi connectivity index (χ0v) is 30.4. The first-order valence-corrected chi connectivity index (χ1v) is 19.0. The summed E-state index contributed by atoms with van der Waals surface area (Å²) >= 11 is 0. The summed E-state index contributed by atoms with van der Waals surface area (Å²) in [5, 5.41) is 4.74. The summed E-state index contributed by atoms with van der Waals surface area (Å²) in [5.74, 6) is 1.49. The third kappa shape index (κ3) is 5.23. The first-order chi connectivity index (χ1) is 27.8. The predicted octanol–water partition coefficient (Wildman–Crippen LogP) is 13.3. The molecule has 0 fully saturated rings. The molecule has 11 rings (SSSR count). The summed E-state index contributed by atoms with van der Waals surface area (Å²) in [5.41, 5.74) is 13.2. The highest BCUT2D eigenvalue weighted by Gasteiger charge is 2.23. The van der Waals surface area contributed by atoms with Gasteiger partial charge in [-0.05, 0) is 46.5 Å². The lowest BCUT2D eigenvalue weighted by Gasteiger charge is -2.15. The van der Waals surface area contributed by atoms with E-state index in [-0.39, 0.29) is 0 Å². The molecule has 3 aromatic heterocycles. The Morgan fingerprint density at radius 1 is 0.304 bits per heavy atom. The second-order valence-electron chi connectivity index (χ2n) is 14.2. The van der Waals surface area contributed by atoms with Crippen molar-refractivity contribution in [3.63, 3.8) is 0 Å². The standard InChI is InChI=1S/C52H34N4/c1-4-15-35(16-5-1)37-27-29-39(30-28-37)52-53-46(38-19-8-3-9-20-38)34-49(54-52)56-48-26-13-11-24-43(48)45-32-31-44-42-23-10-12-25-47(42)55(50(44)51(45)56)41-22-14-21-40(33-41)36-17-6-2-7-18-36/h1-34H. The number of hydrogen-bond donors (Lipinski definition) is 0. The van der Waals surface area contributed by atoms with Crippen molar-refractivity contribution in [2.45, 2.75) is 0 Å². The molecule has 0 aliphatic rings. The van der Waals surface area contributed by atoms with Gasteiger partial charge in [-0.2, -0.15) is 0 Å². The maximum atomic E-state index is 5.43. The lowest BCUT2D eigenvalue weighted by atomic mass is 10.0. The van der Waals surface area contributed by atoms with Gasteiger partial charge < -0.3 is 4.57 Å². The van der Waals surface area contributed by atoms with Crippen molar-refractivity contribution < 1.29 is 0 Å². The van der Waals surface area contributed by atoms with E-state index in [1.54, 1.807) is 0 Å². The van der Waals surface area contributed by atoms with Crippen LogP contribution in [0.5, 0.6) is 0 Å². The van der Waals surface area contributed by atoms with Crippen molar-refractivity contribution in [1.82, 2.24) is 19.1 Å². The summed E-state index contributed by atoms with van der Waals surface area (Å²) in [4.78, 5) is 10.7. The lowest BCUT2D eigenvalue weighted by Crippen LogP contribution is -2.04. The quantitative estimate of drug-likeness (QED) is 0.172. The molecule has 0 unspecified atom stereocenters. The monoisotopic (exact) mass is 714 g/mol. The molecular formula is C52H34N4. The molecule has 4 nitrogen and oxygen atoms in total. The average molecular weight is 715 g/mol. The molecule has 11 aromatic rings. The number of hydrogen-bond acceptors (Lipinski definition) is 2. The first kappa shape index (κ1) is 31.9.